The number of fused-ring (bicyclic) bond motifs is 1. The Balaban J connectivity index is 1.90. The minimum atomic E-state index is -0.841. The molecule has 0 unspecified atom stereocenters. The van der Waals surface area contributed by atoms with Crippen LogP contribution in [0, 0.1) is 0 Å². The van der Waals surface area contributed by atoms with Gasteiger partial charge in [-0.25, -0.2) is 4.99 Å². The van der Waals surface area contributed by atoms with Crippen molar-refractivity contribution in [1.82, 2.24) is 16.2 Å². The molecule has 0 fully saturated rings. The predicted molar refractivity (Wildman–Crippen MR) is 101 cm³/mol. The average Bonchev–Trinajstić information content (AvgIpc) is 2.55. The molecule has 0 bridgehead atoms. The van der Waals surface area contributed by atoms with Crippen molar-refractivity contribution >= 4 is 30.2 Å². The van der Waals surface area contributed by atoms with Gasteiger partial charge in [-0.05, 0) is 25.7 Å². The molecule has 144 valence electrons. The molecule has 0 aromatic rings. The van der Waals surface area contributed by atoms with Crippen LogP contribution in [0.15, 0.2) is 28.5 Å². The molecule has 0 aromatic carbocycles. The molecule has 26 heavy (non-hydrogen) atoms. The van der Waals surface area contributed by atoms with Gasteiger partial charge in [-0.2, -0.15) is 12.6 Å². The van der Waals surface area contributed by atoms with Crippen LogP contribution < -0.4 is 16.2 Å². The topological polar surface area (TPSA) is 112 Å². The van der Waals surface area contributed by atoms with E-state index < -0.39 is 5.97 Å². The molecule has 1 amide bonds. The molecule has 0 aromatic heterocycles. The minimum absolute atomic E-state index is 0.0687. The second kappa shape index (κ2) is 8.98. The summed E-state index contributed by atoms with van der Waals surface area (Å²) >= 11 is 4.36. The second-order valence-corrected chi connectivity index (χ2v) is 8.11. The number of aliphatic carboxylic acids is 1. The van der Waals surface area contributed by atoms with E-state index in [1.807, 2.05) is 13.8 Å². The van der Waals surface area contributed by atoms with Crippen LogP contribution in [0.2, 0.25) is 0 Å². The lowest BCUT2D eigenvalue weighted by Crippen LogP contribution is -2.42. The van der Waals surface area contributed by atoms with Crippen molar-refractivity contribution in [3.05, 3.63) is 23.5 Å². The van der Waals surface area contributed by atoms with E-state index in [4.69, 9.17) is 9.84 Å². The Hall–Kier alpha value is -2.16. The Morgan fingerprint density at radius 3 is 2.88 bits per heavy atom. The highest BCUT2D eigenvalue weighted by molar-refractivity contribution is 7.81. The van der Waals surface area contributed by atoms with E-state index in [0.29, 0.717) is 25.3 Å². The first-order chi connectivity index (χ1) is 12.2. The Kier molecular flexibility index (Phi) is 6.96. The highest BCUT2D eigenvalue weighted by atomic mass is 32.1. The van der Waals surface area contributed by atoms with Crippen LogP contribution >= 0.6 is 12.6 Å². The predicted octanol–water partition coefficient (Wildman–Crippen LogP) is 1.83. The van der Waals surface area contributed by atoms with Crippen LogP contribution in [0.3, 0.4) is 0 Å². The Bertz CT molecular complexity index is 650. The van der Waals surface area contributed by atoms with Crippen molar-refractivity contribution in [2.45, 2.75) is 57.1 Å². The smallest absolute Gasteiger partial charge is 0.303 e. The molecule has 9 heteroatoms. The number of carboxylic acid groups (broad SMARTS) is 1. The standard InChI is InChI=1S/C17H26N4O4S/c1-17(2,26)9-13(22)21-20-12-6-3-5-11-16(12)18-10-14(19-11)25-8-4-7-15(23)24/h10,18,20,26H,3-9H2,1-2H3,(H,21,22)(H,23,24). The molecular weight excluding hydrogens is 356 g/mol. The lowest BCUT2D eigenvalue weighted by Gasteiger charge is -2.26. The van der Waals surface area contributed by atoms with Gasteiger partial charge in [-0.1, -0.05) is 13.8 Å². The van der Waals surface area contributed by atoms with E-state index in [2.05, 4.69) is 33.8 Å². The van der Waals surface area contributed by atoms with E-state index in [-0.39, 0.29) is 17.1 Å². The third-order valence-corrected chi connectivity index (χ3v) is 3.90. The highest BCUT2D eigenvalue weighted by Gasteiger charge is 2.23. The van der Waals surface area contributed by atoms with Gasteiger partial charge in [-0.15, -0.1) is 0 Å². The molecule has 2 rings (SSSR count). The summed E-state index contributed by atoms with van der Waals surface area (Å²) in [5.41, 5.74) is 8.28. The summed E-state index contributed by atoms with van der Waals surface area (Å²) in [5.74, 6) is -0.528. The zero-order chi connectivity index (χ0) is 19.2. The lowest BCUT2D eigenvalue weighted by molar-refractivity contribution is -0.137. The molecular formula is C17H26N4O4S. The first-order valence-electron chi connectivity index (χ1n) is 8.64. The summed E-state index contributed by atoms with van der Waals surface area (Å²) in [6.45, 7) is 4.07. The maximum absolute atomic E-state index is 11.9. The third-order valence-electron chi connectivity index (χ3n) is 3.75. The molecule has 0 spiro atoms. The molecule has 0 radical (unpaired) electrons. The summed E-state index contributed by atoms with van der Waals surface area (Å²) < 4.78 is 5.12. The number of nitrogens with one attached hydrogen (secondary N) is 3. The number of rotatable bonds is 9. The number of hydrogen-bond donors (Lipinski definition) is 5. The van der Waals surface area contributed by atoms with Gasteiger partial charge in [0.15, 0.2) is 0 Å². The number of hydrazine groups is 1. The SMILES string of the molecule is CC(C)(S)CC(=O)NNC1=C2NC=C(OCCCC(=O)O)N=C2CCC1. The first-order valence-corrected chi connectivity index (χ1v) is 9.09. The van der Waals surface area contributed by atoms with E-state index in [9.17, 15) is 9.59 Å². The van der Waals surface area contributed by atoms with Crippen molar-refractivity contribution in [2.24, 2.45) is 4.99 Å². The highest BCUT2D eigenvalue weighted by Crippen LogP contribution is 2.23. The summed E-state index contributed by atoms with van der Waals surface area (Å²) in [7, 11) is 0. The van der Waals surface area contributed by atoms with E-state index in [0.717, 1.165) is 36.4 Å². The van der Waals surface area contributed by atoms with Gasteiger partial charge in [0.25, 0.3) is 0 Å². The molecule has 2 aliphatic rings. The van der Waals surface area contributed by atoms with Crippen LogP contribution in [0.4, 0.5) is 0 Å². The first kappa shape index (κ1) is 20.2. The van der Waals surface area contributed by atoms with Gasteiger partial charge in [0, 0.05) is 17.6 Å². The van der Waals surface area contributed by atoms with Crippen LogP contribution in [-0.2, 0) is 14.3 Å². The van der Waals surface area contributed by atoms with Crippen molar-refractivity contribution in [3.63, 3.8) is 0 Å². The zero-order valence-corrected chi connectivity index (χ0v) is 16.0. The fourth-order valence-corrected chi connectivity index (χ4v) is 2.76. The summed E-state index contributed by atoms with van der Waals surface area (Å²) in [5, 5.41) is 11.8. The molecule has 4 N–H and O–H groups in total. The fraction of sp³-hybridized carbons (Fsp3) is 0.588. The number of thiol groups is 1. The van der Waals surface area contributed by atoms with Gasteiger partial charge < -0.3 is 20.6 Å². The quantitative estimate of drug-likeness (QED) is 0.236. The zero-order valence-electron chi connectivity index (χ0n) is 15.1. The molecule has 8 nitrogen and oxygen atoms in total. The number of aliphatic imine (C=N–C) groups is 1. The number of carbonyl (C=O) groups is 2. The Morgan fingerprint density at radius 1 is 1.42 bits per heavy atom. The van der Waals surface area contributed by atoms with Gasteiger partial charge in [0.1, 0.15) is 0 Å². The van der Waals surface area contributed by atoms with Crippen molar-refractivity contribution in [2.75, 3.05) is 6.61 Å². The summed E-state index contributed by atoms with van der Waals surface area (Å²) in [6.07, 6.45) is 4.96. The minimum Gasteiger partial charge on any atom is -0.481 e. The van der Waals surface area contributed by atoms with Crippen molar-refractivity contribution < 1.29 is 19.4 Å². The van der Waals surface area contributed by atoms with Crippen molar-refractivity contribution in [3.8, 4) is 0 Å². The van der Waals surface area contributed by atoms with Crippen LogP contribution in [-0.4, -0.2) is 34.0 Å². The number of carboxylic acids is 1. The molecule has 1 heterocycles. The average molecular weight is 382 g/mol. The maximum atomic E-state index is 11.9. The number of hydrogen-bond acceptors (Lipinski definition) is 7. The number of amides is 1. The Labute approximate surface area is 158 Å². The Morgan fingerprint density at radius 2 is 2.19 bits per heavy atom. The number of carbonyl (C=O) groups excluding carboxylic acids is 1. The van der Waals surface area contributed by atoms with Crippen LogP contribution in [0.5, 0.6) is 0 Å². The lowest BCUT2D eigenvalue weighted by atomic mass is 9.98. The summed E-state index contributed by atoms with van der Waals surface area (Å²) in [4.78, 5) is 26.9. The second-order valence-electron chi connectivity index (χ2n) is 6.90. The van der Waals surface area contributed by atoms with Gasteiger partial charge in [-0.3, -0.25) is 15.0 Å². The van der Waals surface area contributed by atoms with Gasteiger partial charge in [0.05, 0.1) is 29.9 Å². The molecule has 1 aliphatic heterocycles. The van der Waals surface area contributed by atoms with E-state index in [1.54, 1.807) is 6.20 Å². The fourth-order valence-electron chi connectivity index (χ4n) is 2.62. The van der Waals surface area contributed by atoms with E-state index in [1.165, 1.54) is 0 Å². The van der Waals surface area contributed by atoms with Crippen LogP contribution in [0.25, 0.3) is 0 Å². The summed E-state index contributed by atoms with van der Waals surface area (Å²) in [6, 6.07) is 0. The third kappa shape index (κ3) is 6.62. The molecule has 0 atom stereocenters. The number of ether oxygens (including phenoxy) is 1. The number of nitrogens with zero attached hydrogens (tertiary/aromatic N) is 1. The molecule has 0 saturated carbocycles. The van der Waals surface area contributed by atoms with Crippen LogP contribution in [0.1, 0.15) is 52.4 Å². The molecule has 0 saturated heterocycles. The van der Waals surface area contributed by atoms with Gasteiger partial charge >= 0.3 is 5.97 Å². The number of allylic oxidation sites excluding steroid dienone is 2. The van der Waals surface area contributed by atoms with E-state index >= 15 is 0 Å². The normalized spacial score (nSPS) is 16.7. The largest absolute Gasteiger partial charge is 0.481 e. The van der Waals surface area contributed by atoms with Gasteiger partial charge in [0.2, 0.25) is 11.8 Å². The monoisotopic (exact) mass is 382 g/mol. The van der Waals surface area contributed by atoms with Crippen molar-refractivity contribution in [1.29, 1.82) is 0 Å². The maximum Gasteiger partial charge on any atom is 0.303 e. The molecule has 1 aliphatic carbocycles.